The van der Waals surface area contributed by atoms with Gasteiger partial charge in [0.25, 0.3) is 5.91 Å². The average Bonchev–Trinajstić information content (AvgIpc) is 2.91. The van der Waals surface area contributed by atoms with Crippen molar-refractivity contribution in [1.82, 2.24) is 4.90 Å². The first kappa shape index (κ1) is 15.8. The van der Waals surface area contributed by atoms with E-state index in [-0.39, 0.29) is 5.91 Å². The van der Waals surface area contributed by atoms with Gasteiger partial charge in [-0.2, -0.15) is 0 Å². The summed E-state index contributed by atoms with van der Waals surface area (Å²) >= 11 is 9.63. The fraction of sp³-hybridized carbons (Fsp3) is 0.562. The molecular weight excluding hydrogens is 338 g/mol. The highest BCUT2D eigenvalue weighted by atomic mass is 79.9. The lowest BCUT2D eigenvalue weighted by Crippen LogP contribution is -2.41. The summed E-state index contributed by atoms with van der Waals surface area (Å²) < 4.78 is 0.890. The number of benzene rings is 1. The van der Waals surface area contributed by atoms with Gasteiger partial charge < -0.3 is 4.90 Å². The Kier molecular flexibility index (Phi) is 5.50. The van der Waals surface area contributed by atoms with Crippen LogP contribution in [0.5, 0.6) is 0 Å². The van der Waals surface area contributed by atoms with Gasteiger partial charge in [0.05, 0.1) is 10.6 Å². The van der Waals surface area contributed by atoms with Crippen LogP contribution in [0.25, 0.3) is 0 Å². The van der Waals surface area contributed by atoms with Crippen molar-refractivity contribution in [3.8, 4) is 0 Å². The van der Waals surface area contributed by atoms with Gasteiger partial charge in [-0.1, -0.05) is 54.2 Å². The molecule has 0 aromatic heterocycles. The van der Waals surface area contributed by atoms with E-state index in [0.717, 1.165) is 23.9 Å². The number of halogens is 2. The number of nitrogens with zero attached hydrogens (tertiary/aromatic N) is 1. The molecule has 0 spiro atoms. The molecule has 1 aliphatic rings. The molecule has 4 heteroatoms. The second-order valence-corrected chi connectivity index (χ2v) is 7.24. The van der Waals surface area contributed by atoms with Crippen LogP contribution in [0, 0.1) is 5.92 Å². The average molecular weight is 359 g/mol. The van der Waals surface area contributed by atoms with Crippen LogP contribution in [0.15, 0.2) is 22.7 Å². The van der Waals surface area contributed by atoms with E-state index in [9.17, 15) is 4.79 Å². The smallest absolute Gasteiger partial charge is 0.255 e. The van der Waals surface area contributed by atoms with Crippen molar-refractivity contribution in [2.75, 3.05) is 6.54 Å². The molecule has 1 amide bonds. The molecule has 2 nitrogen and oxygen atoms in total. The summed E-state index contributed by atoms with van der Waals surface area (Å²) in [6.07, 6.45) is 4.67. The third-order valence-electron chi connectivity index (χ3n) is 3.75. The minimum Gasteiger partial charge on any atom is -0.335 e. The first-order valence-corrected chi connectivity index (χ1v) is 8.42. The first-order valence-electron chi connectivity index (χ1n) is 7.25. The first-order chi connectivity index (χ1) is 9.49. The highest BCUT2D eigenvalue weighted by Crippen LogP contribution is 2.28. The lowest BCUT2D eigenvalue weighted by atomic mass is 10.1. The van der Waals surface area contributed by atoms with Gasteiger partial charge in [-0.25, -0.2) is 0 Å². The van der Waals surface area contributed by atoms with Crippen LogP contribution < -0.4 is 0 Å². The lowest BCUT2D eigenvalue weighted by molar-refractivity contribution is 0.0655. The largest absolute Gasteiger partial charge is 0.335 e. The maximum absolute atomic E-state index is 12.9. The zero-order chi connectivity index (χ0) is 14.7. The Bertz CT molecular complexity index is 483. The summed E-state index contributed by atoms with van der Waals surface area (Å²) in [6.45, 7) is 5.10. The molecule has 0 saturated heterocycles. The van der Waals surface area contributed by atoms with E-state index in [1.165, 1.54) is 12.8 Å². The van der Waals surface area contributed by atoms with Crippen molar-refractivity contribution in [2.24, 2.45) is 5.92 Å². The van der Waals surface area contributed by atoms with E-state index < -0.39 is 0 Å². The van der Waals surface area contributed by atoms with Crippen molar-refractivity contribution in [1.29, 1.82) is 0 Å². The van der Waals surface area contributed by atoms with Gasteiger partial charge in [-0.3, -0.25) is 4.79 Å². The van der Waals surface area contributed by atoms with Crippen LogP contribution >= 0.6 is 27.5 Å². The Morgan fingerprint density at radius 3 is 2.65 bits per heavy atom. The zero-order valence-electron chi connectivity index (χ0n) is 12.0. The van der Waals surface area contributed by atoms with Crippen molar-refractivity contribution in [3.63, 3.8) is 0 Å². The molecule has 0 heterocycles. The van der Waals surface area contributed by atoms with Crippen LogP contribution in [0.1, 0.15) is 49.9 Å². The SMILES string of the molecule is CC(C)CN(C(=O)c1cc(Br)ccc1Cl)C1CCCC1. The van der Waals surface area contributed by atoms with Gasteiger partial charge in [0.1, 0.15) is 0 Å². The Labute approximate surface area is 134 Å². The van der Waals surface area contributed by atoms with Gasteiger partial charge >= 0.3 is 0 Å². The topological polar surface area (TPSA) is 20.3 Å². The standard InChI is InChI=1S/C16H21BrClNO/c1-11(2)10-19(13-5-3-4-6-13)16(20)14-9-12(17)7-8-15(14)18/h7-9,11,13H,3-6,10H2,1-2H3. The van der Waals surface area contributed by atoms with Crippen molar-refractivity contribution in [3.05, 3.63) is 33.3 Å². The zero-order valence-corrected chi connectivity index (χ0v) is 14.4. The van der Waals surface area contributed by atoms with Crippen LogP contribution in [-0.2, 0) is 0 Å². The Morgan fingerprint density at radius 2 is 2.05 bits per heavy atom. The summed E-state index contributed by atoms with van der Waals surface area (Å²) in [5.41, 5.74) is 0.605. The summed E-state index contributed by atoms with van der Waals surface area (Å²) in [6, 6.07) is 5.84. The molecule has 0 atom stereocenters. The number of hydrogen-bond donors (Lipinski definition) is 0. The minimum absolute atomic E-state index is 0.0666. The Morgan fingerprint density at radius 1 is 1.40 bits per heavy atom. The second-order valence-electron chi connectivity index (χ2n) is 5.91. The number of amides is 1. The van der Waals surface area contributed by atoms with Gasteiger partial charge in [-0.15, -0.1) is 0 Å². The Hall–Kier alpha value is -0.540. The molecule has 110 valence electrons. The normalized spacial score (nSPS) is 15.8. The highest BCUT2D eigenvalue weighted by Gasteiger charge is 2.28. The van der Waals surface area contributed by atoms with Crippen molar-refractivity contribution in [2.45, 2.75) is 45.6 Å². The predicted molar refractivity (Wildman–Crippen MR) is 87.3 cm³/mol. The molecular formula is C16H21BrClNO. The van der Waals surface area contributed by atoms with Gasteiger partial charge in [-0.05, 0) is 37.0 Å². The highest BCUT2D eigenvalue weighted by molar-refractivity contribution is 9.10. The van der Waals surface area contributed by atoms with Crippen molar-refractivity contribution >= 4 is 33.4 Å². The van der Waals surface area contributed by atoms with Gasteiger partial charge in [0.2, 0.25) is 0 Å². The molecule has 1 fully saturated rings. The quantitative estimate of drug-likeness (QED) is 0.729. The molecule has 20 heavy (non-hydrogen) atoms. The molecule has 0 radical (unpaired) electrons. The second kappa shape index (κ2) is 6.95. The van der Waals surface area contributed by atoms with Crippen LogP contribution in [-0.4, -0.2) is 23.4 Å². The molecule has 1 saturated carbocycles. The van der Waals surface area contributed by atoms with E-state index in [4.69, 9.17) is 11.6 Å². The number of hydrogen-bond acceptors (Lipinski definition) is 1. The fourth-order valence-electron chi connectivity index (χ4n) is 2.82. The van der Waals surface area contributed by atoms with E-state index in [1.807, 2.05) is 17.0 Å². The molecule has 1 aliphatic carbocycles. The van der Waals surface area contributed by atoms with Crippen LogP contribution in [0.2, 0.25) is 5.02 Å². The summed E-state index contributed by atoms with van der Waals surface area (Å²) in [4.78, 5) is 14.9. The molecule has 0 N–H and O–H groups in total. The lowest BCUT2D eigenvalue weighted by Gasteiger charge is -2.31. The maximum Gasteiger partial charge on any atom is 0.255 e. The third kappa shape index (κ3) is 3.76. The molecule has 0 unspecified atom stereocenters. The summed E-state index contributed by atoms with van der Waals surface area (Å²) in [5.74, 6) is 0.530. The van der Waals surface area contributed by atoms with Crippen LogP contribution in [0.4, 0.5) is 0 Å². The summed E-state index contributed by atoms with van der Waals surface area (Å²) in [5, 5.41) is 0.532. The molecule has 0 aliphatic heterocycles. The molecule has 0 bridgehead atoms. The van der Waals surface area contributed by atoms with E-state index in [2.05, 4.69) is 29.8 Å². The van der Waals surface area contributed by atoms with Crippen molar-refractivity contribution < 1.29 is 4.79 Å². The monoisotopic (exact) mass is 357 g/mol. The Balaban J connectivity index is 2.27. The molecule has 1 aromatic carbocycles. The van der Waals surface area contributed by atoms with E-state index >= 15 is 0 Å². The van der Waals surface area contributed by atoms with E-state index in [1.54, 1.807) is 6.07 Å². The van der Waals surface area contributed by atoms with Gasteiger partial charge in [0, 0.05) is 17.1 Å². The molecule has 2 rings (SSSR count). The minimum atomic E-state index is 0.0666. The number of rotatable bonds is 4. The van der Waals surface area contributed by atoms with Crippen LogP contribution in [0.3, 0.4) is 0 Å². The number of carbonyl (C=O) groups excluding carboxylic acids is 1. The maximum atomic E-state index is 12.9. The number of carbonyl (C=O) groups is 1. The van der Waals surface area contributed by atoms with Gasteiger partial charge in [0.15, 0.2) is 0 Å². The molecule has 1 aromatic rings. The predicted octanol–water partition coefficient (Wildman–Crippen LogP) is 5.14. The summed E-state index contributed by atoms with van der Waals surface area (Å²) in [7, 11) is 0. The fourth-order valence-corrected chi connectivity index (χ4v) is 3.38. The third-order valence-corrected chi connectivity index (χ3v) is 4.57. The van der Waals surface area contributed by atoms with E-state index in [0.29, 0.717) is 22.5 Å².